The van der Waals surface area contributed by atoms with Gasteiger partial charge in [-0.3, -0.25) is 4.98 Å². The van der Waals surface area contributed by atoms with Gasteiger partial charge in [-0.25, -0.2) is 4.39 Å². The smallest absolute Gasteiger partial charge is 0.125 e. The van der Waals surface area contributed by atoms with Gasteiger partial charge in [-0.15, -0.1) is 0 Å². The Kier molecular flexibility index (Phi) is 3.01. The van der Waals surface area contributed by atoms with E-state index in [9.17, 15) is 4.39 Å². The molecule has 0 saturated carbocycles. The van der Waals surface area contributed by atoms with Crippen molar-refractivity contribution in [3.05, 3.63) is 33.3 Å². The second kappa shape index (κ2) is 4.08. The van der Waals surface area contributed by atoms with Crippen LogP contribution in [-0.4, -0.2) is 4.98 Å². The molecule has 1 aromatic carbocycles. The van der Waals surface area contributed by atoms with E-state index in [1.54, 1.807) is 0 Å². The van der Waals surface area contributed by atoms with E-state index in [2.05, 4.69) is 48.3 Å². The van der Waals surface area contributed by atoms with Gasteiger partial charge in [0.05, 0.1) is 5.52 Å². The third kappa shape index (κ3) is 2.36. The molecule has 0 radical (unpaired) electrons. The monoisotopic (exact) mass is 344 g/mol. The molecule has 1 heterocycles. The number of nitrogen functional groups attached to an aromatic ring is 1. The molecule has 0 aliphatic heterocycles. The molecule has 2 nitrogen and oxygen atoms in total. The van der Waals surface area contributed by atoms with Gasteiger partial charge in [0.1, 0.15) is 5.82 Å². The SMILES string of the molecule is CC(C)(C)c1cc(N)c2cc(F)cc(I)c2n1. The molecular weight excluding hydrogens is 330 g/mol. The number of hydrogen-bond donors (Lipinski definition) is 1. The highest BCUT2D eigenvalue weighted by Crippen LogP contribution is 2.30. The number of pyridine rings is 1. The van der Waals surface area contributed by atoms with Crippen LogP contribution in [-0.2, 0) is 5.41 Å². The lowest BCUT2D eigenvalue weighted by molar-refractivity contribution is 0.571. The summed E-state index contributed by atoms with van der Waals surface area (Å²) in [5.74, 6) is -0.279. The van der Waals surface area contributed by atoms with Crippen LogP contribution in [0.1, 0.15) is 26.5 Å². The van der Waals surface area contributed by atoms with E-state index in [1.807, 2.05) is 6.07 Å². The first-order valence-corrected chi connectivity index (χ1v) is 6.42. The Labute approximate surface area is 114 Å². The standard InChI is InChI=1S/C13H14FIN2/c1-13(2,3)11-6-10(16)8-4-7(14)5-9(15)12(8)17-11/h4-6H,1-3H3,(H2,16,17). The van der Waals surface area contributed by atoms with Gasteiger partial charge >= 0.3 is 0 Å². The summed E-state index contributed by atoms with van der Waals surface area (Å²) in [5, 5.41) is 0.683. The number of hydrogen-bond acceptors (Lipinski definition) is 2. The predicted octanol–water partition coefficient (Wildman–Crippen LogP) is 3.86. The van der Waals surface area contributed by atoms with Crippen LogP contribution in [0.4, 0.5) is 10.1 Å². The number of nitrogens with two attached hydrogens (primary N) is 1. The number of fused-ring (bicyclic) bond motifs is 1. The minimum absolute atomic E-state index is 0.0697. The normalized spacial score (nSPS) is 12.1. The number of aromatic nitrogens is 1. The van der Waals surface area contributed by atoms with E-state index in [4.69, 9.17) is 5.73 Å². The highest BCUT2D eigenvalue weighted by atomic mass is 127. The van der Waals surface area contributed by atoms with E-state index >= 15 is 0 Å². The van der Waals surface area contributed by atoms with E-state index < -0.39 is 0 Å². The van der Waals surface area contributed by atoms with Crippen LogP contribution < -0.4 is 5.73 Å². The third-order valence-electron chi connectivity index (χ3n) is 2.63. The lowest BCUT2D eigenvalue weighted by Crippen LogP contribution is -2.14. The Morgan fingerprint density at radius 3 is 2.47 bits per heavy atom. The molecule has 90 valence electrons. The third-order valence-corrected chi connectivity index (χ3v) is 3.45. The summed E-state index contributed by atoms with van der Waals surface area (Å²) in [5.41, 5.74) is 8.19. The second-order valence-electron chi connectivity index (χ2n) is 5.13. The number of halogens is 2. The summed E-state index contributed by atoms with van der Waals surface area (Å²) in [6.07, 6.45) is 0. The molecule has 0 fully saturated rings. The van der Waals surface area contributed by atoms with Crippen LogP contribution in [0, 0.1) is 9.39 Å². The Bertz CT molecular complexity index is 588. The first kappa shape index (κ1) is 12.5. The highest BCUT2D eigenvalue weighted by Gasteiger charge is 2.18. The van der Waals surface area contributed by atoms with Gasteiger partial charge in [0, 0.05) is 25.8 Å². The van der Waals surface area contributed by atoms with Crippen LogP contribution in [0.15, 0.2) is 18.2 Å². The van der Waals surface area contributed by atoms with Crippen molar-refractivity contribution in [1.82, 2.24) is 4.98 Å². The largest absolute Gasteiger partial charge is 0.398 e. The fraction of sp³-hybridized carbons (Fsp3) is 0.308. The molecule has 0 atom stereocenters. The summed E-state index contributed by atoms with van der Waals surface area (Å²) in [6, 6.07) is 4.74. The number of rotatable bonds is 0. The maximum atomic E-state index is 13.3. The van der Waals surface area contributed by atoms with Crippen LogP contribution in [0.5, 0.6) is 0 Å². The van der Waals surface area contributed by atoms with Crippen molar-refractivity contribution in [1.29, 1.82) is 0 Å². The second-order valence-corrected chi connectivity index (χ2v) is 6.29. The minimum Gasteiger partial charge on any atom is -0.398 e. The van der Waals surface area contributed by atoms with E-state index in [-0.39, 0.29) is 11.2 Å². The van der Waals surface area contributed by atoms with E-state index in [1.165, 1.54) is 12.1 Å². The molecule has 2 rings (SSSR count). The van der Waals surface area contributed by atoms with Crippen molar-refractivity contribution >= 4 is 39.2 Å². The first-order valence-electron chi connectivity index (χ1n) is 5.35. The zero-order valence-electron chi connectivity index (χ0n) is 10.0. The fourth-order valence-corrected chi connectivity index (χ4v) is 2.37. The fourth-order valence-electron chi connectivity index (χ4n) is 1.66. The summed E-state index contributed by atoms with van der Waals surface area (Å²) < 4.78 is 14.1. The summed E-state index contributed by atoms with van der Waals surface area (Å²) in [6.45, 7) is 6.24. The molecule has 2 aromatic rings. The average Bonchev–Trinajstić information content (AvgIpc) is 2.17. The van der Waals surface area contributed by atoms with Crippen LogP contribution in [0.3, 0.4) is 0 Å². The molecular formula is C13H14FIN2. The van der Waals surface area contributed by atoms with Gasteiger partial charge in [0.15, 0.2) is 0 Å². The maximum Gasteiger partial charge on any atom is 0.125 e. The zero-order valence-corrected chi connectivity index (χ0v) is 12.2. The van der Waals surface area contributed by atoms with Crippen LogP contribution in [0.25, 0.3) is 10.9 Å². The van der Waals surface area contributed by atoms with E-state index in [0.717, 1.165) is 14.8 Å². The number of benzene rings is 1. The average molecular weight is 344 g/mol. The minimum atomic E-state index is -0.279. The zero-order chi connectivity index (χ0) is 12.8. The van der Waals surface area contributed by atoms with Gasteiger partial charge < -0.3 is 5.73 Å². The van der Waals surface area contributed by atoms with Gasteiger partial charge in [-0.1, -0.05) is 20.8 Å². The molecule has 0 aliphatic carbocycles. The van der Waals surface area contributed by atoms with Gasteiger partial charge in [0.25, 0.3) is 0 Å². The van der Waals surface area contributed by atoms with Gasteiger partial charge in [-0.05, 0) is 40.8 Å². The topological polar surface area (TPSA) is 38.9 Å². The molecule has 0 spiro atoms. The Hall–Kier alpha value is -0.910. The van der Waals surface area contributed by atoms with Crippen molar-refractivity contribution < 1.29 is 4.39 Å². The van der Waals surface area contributed by atoms with Crippen molar-refractivity contribution in [2.24, 2.45) is 0 Å². The van der Waals surface area contributed by atoms with Crippen LogP contribution >= 0.6 is 22.6 Å². The Balaban J connectivity index is 2.83. The molecule has 0 saturated heterocycles. The quantitative estimate of drug-likeness (QED) is 0.737. The molecule has 0 bridgehead atoms. The first-order chi connectivity index (χ1) is 7.79. The molecule has 2 N–H and O–H groups in total. The molecule has 17 heavy (non-hydrogen) atoms. The van der Waals surface area contributed by atoms with E-state index in [0.29, 0.717) is 11.1 Å². The Morgan fingerprint density at radius 2 is 1.88 bits per heavy atom. The number of anilines is 1. The molecule has 4 heteroatoms. The van der Waals surface area contributed by atoms with Crippen molar-refractivity contribution in [2.45, 2.75) is 26.2 Å². The van der Waals surface area contributed by atoms with Crippen LogP contribution in [0.2, 0.25) is 0 Å². The predicted molar refractivity (Wildman–Crippen MR) is 77.5 cm³/mol. The van der Waals surface area contributed by atoms with Gasteiger partial charge in [-0.2, -0.15) is 0 Å². The summed E-state index contributed by atoms with van der Waals surface area (Å²) >= 11 is 2.09. The summed E-state index contributed by atoms with van der Waals surface area (Å²) in [4.78, 5) is 4.59. The molecule has 0 aliphatic rings. The van der Waals surface area contributed by atoms with Crippen molar-refractivity contribution in [3.63, 3.8) is 0 Å². The number of nitrogens with zero attached hydrogens (tertiary/aromatic N) is 1. The lowest BCUT2D eigenvalue weighted by atomic mass is 9.91. The summed E-state index contributed by atoms with van der Waals surface area (Å²) in [7, 11) is 0. The molecule has 1 aromatic heterocycles. The van der Waals surface area contributed by atoms with Crippen molar-refractivity contribution in [3.8, 4) is 0 Å². The lowest BCUT2D eigenvalue weighted by Gasteiger charge is -2.19. The molecule has 0 amide bonds. The Morgan fingerprint density at radius 1 is 1.24 bits per heavy atom. The molecule has 0 unspecified atom stereocenters. The highest BCUT2D eigenvalue weighted by molar-refractivity contribution is 14.1. The van der Waals surface area contributed by atoms with Crippen molar-refractivity contribution in [2.75, 3.05) is 5.73 Å². The maximum absolute atomic E-state index is 13.3. The van der Waals surface area contributed by atoms with Gasteiger partial charge in [0.2, 0.25) is 0 Å².